The molecule has 1 fully saturated rings. The van der Waals surface area contributed by atoms with Crippen LogP contribution in [0.4, 0.5) is 0 Å². The maximum atomic E-state index is 11.2. The zero-order valence-electron chi connectivity index (χ0n) is 7.75. The molecular formula is C8H15N3OS. The van der Waals surface area contributed by atoms with Crippen LogP contribution in [0, 0.1) is 5.41 Å². The van der Waals surface area contributed by atoms with Gasteiger partial charge in [-0.1, -0.05) is 6.42 Å². The normalized spacial score (nSPS) is 18.8. The summed E-state index contributed by atoms with van der Waals surface area (Å²) in [4.78, 5) is 12.9. The standard InChI is InChI=1S/C8H15N3OS/c1-11(7(10)13)5-8(6(9)12)3-2-4-8/h2-5H2,1H3,(H2,9,12)(H2,10,13). The van der Waals surface area contributed by atoms with Crippen molar-refractivity contribution in [3.63, 3.8) is 0 Å². The van der Waals surface area contributed by atoms with Gasteiger partial charge in [0.2, 0.25) is 5.91 Å². The third kappa shape index (κ3) is 1.91. The average molecular weight is 201 g/mol. The van der Waals surface area contributed by atoms with E-state index in [0.29, 0.717) is 11.7 Å². The van der Waals surface area contributed by atoms with Crippen molar-refractivity contribution in [2.24, 2.45) is 16.9 Å². The lowest BCUT2D eigenvalue weighted by Crippen LogP contribution is -2.51. The van der Waals surface area contributed by atoms with Gasteiger partial charge in [-0.3, -0.25) is 4.79 Å². The van der Waals surface area contributed by atoms with Crippen LogP contribution < -0.4 is 11.5 Å². The molecule has 1 rings (SSSR count). The van der Waals surface area contributed by atoms with Crippen LogP contribution in [0.1, 0.15) is 19.3 Å². The summed E-state index contributed by atoms with van der Waals surface area (Å²) >= 11 is 4.80. The molecule has 5 heteroatoms. The molecule has 4 nitrogen and oxygen atoms in total. The summed E-state index contributed by atoms with van der Waals surface area (Å²) in [6.45, 7) is 0.553. The van der Waals surface area contributed by atoms with E-state index in [0.717, 1.165) is 19.3 Å². The third-order valence-electron chi connectivity index (χ3n) is 2.75. The van der Waals surface area contributed by atoms with Crippen molar-refractivity contribution >= 4 is 23.2 Å². The van der Waals surface area contributed by atoms with Crippen molar-refractivity contribution in [3.8, 4) is 0 Å². The van der Waals surface area contributed by atoms with Crippen LogP contribution in [0.25, 0.3) is 0 Å². The van der Waals surface area contributed by atoms with Crippen molar-refractivity contribution in [2.45, 2.75) is 19.3 Å². The number of primary amides is 1. The minimum absolute atomic E-state index is 0.234. The lowest BCUT2D eigenvalue weighted by molar-refractivity contribution is -0.133. The molecule has 0 aromatic carbocycles. The number of carbonyl (C=O) groups excluding carboxylic acids is 1. The van der Waals surface area contributed by atoms with Gasteiger partial charge in [0.1, 0.15) is 0 Å². The molecular weight excluding hydrogens is 186 g/mol. The molecule has 1 saturated carbocycles. The maximum Gasteiger partial charge on any atom is 0.225 e. The summed E-state index contributed by atoms with van der Waals surface area (Å²) < 4.78 is 0. The number of hydrogen-bond acceptors (Lipinski definition) is 2. The maximum absolute atomic E-state index is 11.2. The van der Waals surface area contributed by atoms with Crippen molar-refractivity contribution in [1.29, 1.82) is 0 Å². The first-order chi connectivity index (χ1) is 5.98. The Bertz CT molecular complexity index is 238. The van der Waals surface area contributed by atoms with E-state index in [1.807, 2.05) is 0 Å². The van der Waals surface area contributed by atoms with Crippen molar-refractivity contribution in [3.05, 3.63) is 0 Å². The second-order valence-electron chi connectivity index (χ2n) is 3.69. The van der Waals surface area contributed by atoms with Gasteiger partial charge in [0.15, 0.2) is 5.11 Å². The van der Waals surface area contributed by atoms with Crippen molar-refractivity contribution in [2.75, 3.05) is 13.6 Å². The highest BCUT2D eigenvalue weighted by Crippen LogP contribution is 2.40. The monoisotopic (exact) mass is 201 g/mol. The minimum Gasteiger partial charge on any atom is -0.376 e. The predicted molar refractivity (Wildman–Crippen MR) is 54.9 cm³/mol. The second kappa shape index (κ2) is 3.49. The molecule has 0 spiro atoms. The van der Waals surface area contributed by atoms with Crippen LogP contribution in [0.2, 0.25) is 0 Å². The van der Waals surface area contributed by atoms with Crippen LogP contribution in [-0.4, -0.2) is 29.5 Å². The Morgan fingerprint density at radius 2 is 2.08 bits per heavy atom. The van der Waals surface area contributed by atoms with Gasteiger partial charge in [0.05, 0.1) is 5.41 Å². The average Bonchev–Trinajstić information content (AvgIpc) is 1.95. The van der Waals surface area contributed by atoms with Gasteiger partial charge in [0.25, 0.3) is 0 Å². The Kier molecular flexibility index (Phi) is 2.75. The smallest absolute Gasteiger partial charge is 0.225 e. The molecule has 0 heterocycles. The summed E-state index contributed by atoms with van der Waals surface area (Å²) in [6.07, 6.45) is 2.78. The van der Waals surface area contributed by atoms with Gasteiger partial charge >= 0.3 is 0 Å². The Balaban J connectivity index is 2.59. The van der Waals surface area contributed by atoms with E-state index in [9.17, 15) is 4.79 Å². The predicted octanol–water partition coefficient (Wildman–Crippen LogP) is -0.183. The van der Waals surface area contributed by atoms with E-state index < -0.39 is 0 Å². The minimum atomic E-state index is -0.377. The number of nitrogens with two attached hydrogens (primary N) is 2. The van der Waals surface area contributed by atoms with Gasteiger partial charge < -0.3 is 16.4 Å². The molecule has 0 aromatic rings. The Morgan fingerprint density at radius 1 is 1.54 bits per heavy atom. The molecule has 1 aliphatic carbocycles. The van der Waals surface area contributed by atoms with Gasteiger partial charge in [-0.15, -0.1) is 0 Å². The molecule has 0 bridgehead atoms. The lowest BCUT2D eigenvalue weighted by atomic mass is 9.68. The fourth-order valence-corrected chi connectivity index (χ4v) is 1.68. The fourth-order valence-electron chi connectivity index (χ4n) is 1.62. The number of nitrogens with zero attached hydrogens (tertiary/aromatic N) is 1. The third-order valence-corrected chi connectivity index (χ3v) is 3.06. The number of carbonyl (C=O) groups is 1. The van der Waals surface area contributed by atoms with Crippen molar-refractivity contribution < 1.29 is 4.79 Å². The van der Waals surface area contributed by atoms with E-state index in [-0.39, 0.29) is 11.3 Å². The molecule has 4 N–H and O–H groups in total. The fraction of sp³-hybridized carbons (Fsp3) is 0.750. The summed E-state index contributed by atoms with van der Waals surface area (Å²) in [5.41, 5.74) is 10.4. The van der Waals surface area contributed by atoms with Crippen LogP contribution >= 0.6 is 12.2 Å². The molecule has 0 atom stereocenters. The zero-order chi connectivity index (χ0) is 10.1. The largest absolute Gasteiger partial charge is 0.376 e. The first-order valence-corrected chi connectivity index (χ1v) is 4.69. The number of rotatable bonds is 3. The van der Waals surface area contributed by atoms with E-state index in [4.69, 9.17) is 23.7 Å². The van der Waals surface area contributed by atoms with Crippen LogP contribution in [0.5, 0.6) is 0 Å². The van der Waals surface area contributed by atoms with E-state index in [1.54, 1.807) is 11.9 Å². The molecule has 13 heavy (non-hydrogen) atoms. The van der Waals surface area contributed by atoms with Gasteiger partial charge in [-0.2, -0.15) is 0 Å². The molecule has 0 aliphatic heterocycles. The Morgan fingerprint density at radius 3 is 2.31 bits per heavy atom. The van der Waals surface area contributed by atoms with Gasteiger partial charge in [0, 0.05) is 13.6 Å². The molecule has 0 saturated heterocycles. The highest BCUT2D eigenvalue weighted by atomic mass is 32.1. The molecule has 0 radical (unpaired) electrons. The van der Waals surface area contributed by atoms with Crippen LogP contribution in [0.3, 0.4) is 0 Å². The number of thiocarbonyl (C=S) groups is 1. The summed E-state index contributed by atoms with van der Waals surface area (Å²) in [5.74, 6) is -0.234. The van der Waals surface area contributed by atoms with Crippen LogP contribution in [-0.2, 0) is 4.79 Å². The summed E-state index contributed by atoms with van der Waals surface area (Å²) in [7, 11) is 1.78. The lowest BCUT2D eigenvalue weighted by Gasteiger charge is -2.41. The van der Waals surface area contributed by atoms with Crippen LogP contribution in [0.15, 0.2) is 0 Å². The zero-order valence-corrected chi connectivity index (χ0v) is 8.56. The van der Waals surface area contributed by atoms with E-state index in [2.05, 4.69) is 0 Å². The number of hydrogen-bond donors (Lipinski definition) is 2. The SMILES string of the molecule is CN(CC1(C(N)=O)CCC1)C(N)=S. The van der Waals surface area contributed by atoms with Crippen molar-refractivity contribution in [1.82, 2.24) is 4.90 Å². The highest BCUT2D eigenvalue weighted by Gasteiger charge is 2.43. The van der Waals surface area contributed by atoms with E-state index >= 15 is 0 Å². The quantitative estimate of drug-likeness (QED) is 0.621. The Hall–Kier alpha value is -0.840. The first-order valence-electron chi connectivity index (χ1n) is 4.28. The number of amides is 1. The topological polar surface area (TPSA) is 72.3 Å². The summed E-state index contributed by atoms with van der Waals surface area (Å²) in [5, 5.41) is 0.313. The molecule has 0 unspecified atom stereocenters. The van der Waals surface area contributed by atoms with E-state index in [1.165, 1.54) is 0 Å². The first kappa shape index (κ1) is 10.2. The highest BCUT2D eigenvalue weighted by molar-refractivity contribution is 7.80. The van der Waals surface area contributed by atoms with Gasteiger partial charge in [-0.25, -0.2) is 0 Å². The molecule has 0 aromatic heterocycles. The summed E-state index contributed by atoms with van der Waals surface area (Å²) in [6, 6.07) is 0. The molecule has 74 valence electrons. The molecule has 1 aliphatic rings. The Labute approximate surface area is 83.2 Å². The second-order valence-corrected chi connectivity index (χ2v) is 4.11. The molecule has 1 amide bonds. The van der Waals surface area contributed by atoms with Gasteiger partial charge in [-0.05, 0) is 25.1 Å².